The molecule has 0 bridgehead atoms. The van der Waals surface area contributed by atoms with Crippen molar-refractivity contribution in [2.75, 3.05) is 5.32 Å². The predicted octanol–water partition coefficient (Wildman–Crippen LogP) is 4.02. The number of anilines is 1. The molecule has 19 heavy (non-hydrogen) atoms. The maximum absolute atomic E-state index is 12.4. The van der Waals surface area contributed by atoms with Gasteiger partial charge in [-0.2, -0.15) is 13.2 Å². The molecule has 1 N–H and O–H groups in total. The average Bonchev–Trinajstić information content (AvgIpc) is 2.37. The highest BCUT2D eigenvalue weighted by atomic mass is 19.4. The normalized spacial score (nSPS) is 11.4. The van der Waals surface area contributed by atoms with Crippen LogP contribution in [0.3, 0.4) is 0 Å². The minimum absolute atomic E-state index is 0.475. The number of nitrogens with zero attached hydrogens (tertiary/aromatic N) is 1. The number of hydrogen-bond acceptors (Lipinski definition) is 2. The lowest BCUT2D eigenvalue weighted by molar-refractivity contribution is -0.137. The van der Waals surface area contributed by atoms with Gasteiger partial charge in [-0.15, -0.1) is 0 Å². The maximum atomic E-state index is 12.4. The molecule has 0 radical (unpaired) electrons. The molecule has 0 spiro atoms. The first-order chi connectivity index (χ1) is 8.97. The van der Waals surface area contributed by atoms with Crippen LogP contribution < -0.4 is 5.32 Å². The smallest absolute Gasteiger partial charge is 0.381 e. The summed E-state index contributed by atoms with van der Waals surface area (Å²) in [5, 5.41) is 3.17. The summed E-state index contributed by atoms with van der Waals surface area (Å²) in [4.78, 5) is 3.97. The van der Waals surface area contributed by atoms with Crippen LogP contribution in [0.25, 0.3) is 0 Å². The number of pyridine rings is 1. The molecule has 2 aromatic rings. The van der Waals surface area contributed by atoms with Gasteiger partial charge in [0.2, 0.25) is 0 Å². The Bertz CT molecular complexity index is 547. The Morgan fingerprint density at radius 1 is 1.11 bits per heavy atom. The number of alkyl halides is 3. The van der Waals surface area contributed by atoms with Gasteiger partial charge in [0.05, 0.1) is 5.56 Å². The average molecular weight is 266 g/mol. The molecular weight excluding hydrogens is 253 g/mol. The van der Waals surface area contributed by atoms with E-state index >= 15 is 0 Å². The molecule has 0 unspecified atom stereocenters. The number of nitrogens with one attached hydrogen (secondary N) is 1. The zero-order valence-corrected chi connectivity index (χ0v) is 10.3. The molecule has 0 aliphatic rings. The van der Waals surface area contributed by atoms with E-state index in [0.717, 1.165) is 28.9 Å². The molecule has 1 aromatic carbocycles. The van der Waals surface area contributed by atoms with Gasteiger partial charge in [-0.1, -0.05) is 12.1 Å². The molecule has 2 rings (SSSR count). The van der Waals surface area contributed by atoms with Gasteiger partial charge in [-0.05, 0) is 36.2 Å². The molecule has 100 valence electrons. The second-order valence-corrected chi connectivity index (χ2v) is 4.24. The Labute approximate surface area is 109 Å². The van der Waals surface area contributed by atoms with E-state index in [0.29, 0.717) is 6.54 Å². The minimum atomic E-state index is -4.28. The molecule has 0 fully saturated rings. The summed E-state index contributed by atoms with van der Waals surface area (Å²) < 4.78 is 37.2. The summed E-state index contributed by atoms with van der Waals surface area (Å²) in [6.45, 7) is 2.39. The highest BCUT2D eigenvalue weighted by Gasteiger charge is 2.29. The third kappa shape index (κ3) is 3.47. The highest BCUT2D eigenvalue weighted by Crippen LogP contribution is 2.29. The largest absolute Gasteiger partial charge is 0.416 e. The molecule has 0 aliphatic carbocycles. The summed E-state index contributed by atoms with van der Waals surface area (Å²) in [6, 6.07) is 6.98. The number of rotatable bonds is 3. The topological polar surface area (TPSA) is 24.9 Å². The van der Waals surface area contributed by atoms with Crippen molar-refractivity contribution in [2.24, 2.45) is 0 Å². The minimum Gasteiger partial charge on any atom is -0.381 e. The molecule has 0 saturated heterocycles. The van der Waals surface area contributed by atoms with Crippen molar-refractivity contribution in [2.45, 2.75) is 19.6 Å². The van der Waals surface area contributed by atoms with Gasteiger partial charge >= 0.3 is 6.18 Å². The summed E-state index contributed by atoms with van der Waals surface area (Å²) in [7, 11) is 0. The second kappa shape index (κ2) is 5.30. The molecule has 0 amide bonds. The number of halogens is 3. The van der Waals surface area contributed by atoms with Crippen molar-refractivity contribution in [1.29, 1.82) is 0 Å². The third-order valence-corrected chi connectivity index (χ3v) is 2.78. The van der Waals surface area contributed by atoms with E-state index in [2.05, 4.69) is 10.3 Å². The molecule has 2 nitrogen and oxygen atoms in total. The molecule has 0 saturated carbocycles. The summed E-state index contributed by atoms with van der Waals surface area (Å²) in [5.41, 5.74) is 2.09. The van der Waals surface area contributed by atoms with Crippen LogP contribution >= 0.6 is 0 Å². The van der Waals surface area contributed by atoms with Crippen molar-refractivity contribution in [1.82, 2.24) is 4.98 Å². The van der Waals surface area contributed by atoms with Crippen molar-refractivity contribution in [3.8, 4) is 0 Å². The molecule has 1 heterocycles. The Morgan fingerprint density at radius 3 is 2.37 bits per heavy atom. The molecule has 1 aromatic heterocycles. The third-order valence-electron chi connectivity index (χ3n) is 2.78. The first-order valence-corrected chi connectivity index (χ1v) is 5.77. The standard InChI is InChI=1S/C14H13F3N2/c1-10-8-18-7-6-13(10)19-9-11-2-4-12(5-3-11)14(15,16)17/h2-8H,9H2,1H3,(H,18,19). The van der Waals surface area contributed by atoms with E-state index in [-0.39, 0.29) is 0 Å². The summed E-state index contributed by atoms with van der Waals surface area (Å²) in [6.07, 6.45) is -0.884. The fourth-order valence-electron chi connectivity index (χ4n) is 1.68. The van der Waals surface area contributed by atoms with Crippen LogP contribution in [0.5, 0.6) is 0 Å². The molecule has 5 heteroatoms. The van der Waals surface area contributed by atoms with Crippen molar-refractivity contribution in [3.63, 3.8) is 0 Å². The van der Waals surface area contributed by atoms with E-state index < -0.39 is 11.7 Å². The zero-order chi connectivity index (χ0) is 13.9. The first-order valence-electron chi connectivity index (χ1n) is 5.77. The molecule has 0 aliphatic heterocycles. The Hall–Kier alpha value is -2.04. The lowest BCUT2D eigenvalue weighted by atomic mass is 10.1. The number of aromatic nitrogens is 1. The Balaban J connectivity index is 2.03. The van der Waals surface area contributed by atoms with Crippen LogP contribution in [0.2, 0.25) is 0 Å². The van der Waals surface area contributed by atoms with Gasteiger partial charge < -0.3 is 5.32 Å². The summed E-state index contributed by atoms with van der Waals surface area (Å²) in [5.74, 6) is 0. The van der Waals surface area contributed by atoms with E-state index in [1.807, 2.05) is 13.0 Å². The molecule has 0 atom stereocenters. The SMILES string of the molecule is Cc1cnccc1NCc1ccc(C(F)(F)F)cc1. The van der Waals surface area contributed by atoms with Crippen LogP contribution in [0.4, 0.5) is 18.9 Å². The first kappa shape index (κ1) is 13.4. The Morgan fingerprint density at radius 2 is 1.79 bits per heavy atom. The number of aryl methyl sites for hydroxylation is 1. The van der Waals surface area contributed by atoms with Gasteiger partial charge in [0, 0.05) is 24.6 Å². The second-order valence-electron chi connectivity index (χ2n) is 4.24. The van der Waals surface area contributed by atoms with E-state index in [1.165, 1.54) is 12.1 Å². The van der Waals surface area contributed by atoms with E-state index in [1.54, 1.807) is 12.4 Å². The van der Waals surface area contributed by atoms with Crippen molar-refractivity contribution in [3.05, 3.63) is 59.4 Å². The maximum Gasteiger partial charge on any atom is 0.416 e. The van der Waals surface area contributed by atoms with Crippen LogP contribution in [0.1, 0.15) is 16.7 Å². The lowest BCUT2D eigenvalue weighted by Gasteiger charge is -2.10. The number of benzene rings is 1. The Kier molecular flexibility index (Phi) is 3.74. The van der Waals surface area contributed by atoms with Crippen LogP contribution in [0.15, 0.2) is 42.7 Å². The zero-order valence-electron chi connectivity index (χ0n) is 10.3. The quantitative estimate of drug-likeness (QED) is 0.907. The van der Waals surface area contributed by atoms with Crippen molar-refractivity contribution >= 4 is 5.69 Å². The molecular formula is C14H13F3N2. The summed E-state index contributed by atoms with van der Waals surface area (Å²) >= 11 is 0. The van der Waals surface area contributed by atoms with Crippen molar-refractivity contribution < 1.29 is 13.2 Å². The van der Waals surface area contributed by atoms with Gasteiger partial charge in [-0.3, -0.25) is 4.98 Å². The lowest BCUT2D eigenvalue weighted by Crippen LogP contribution is -2.06. The monoisotopic (exact) mass is 266 g/mol. The van der Waals surface area contributed by atoms with Crippen LogP contribution in [-0.2, 0) is 12.7 Å². The highest BCUT2D eigenvalue weighted by molar-refractivity contribution is 5.49. The van der Waals surface area contributed by atoms with Gasteiger partial charge in [-0.25, -0.2) is 0 Å². The fourth-order valence-corrected chi connectivity index (χ4v) is 1.68. The van der Waals surface area contributed by atoms with Crippen LogP contribution in [0, 0.1) is 6.92 Å². The van der Waals surface area contributed by atoms with Gasteiger partial charge in [0.1, 0.15) is 0 Å². The number of hydrogen-bond donors (Lipinski definition) is 1. The van der Waals surface area contributed by atoms with Gasteiger partial charge in [0.15, 0.2) is 0 Å². The van der Waals surface area contributed by atoms with Gasteiger partial charge in [0.25, 0.3) is 0 Å². The van der Waals surface area contributed by atoms with Crippen LogP contribution in [-0.4, -0.2) is 4.98 Å². The van der Waals surface area contributed by atoms with E-state index in [9.17, 15) is 13.2 Å². The fraction of sp³-hybridized carbons (Fsp3) is 0.214. The van der Waals surface area contributed by atoms with E-state index in [4.69, 9.17) is 0 Å². The predicted molar refractivity (Wildman–Crippen MR) is 67.7 cm³/mol.